The van der Waals surface area contributed by atoms with Crippen LogP contribution in [0.3, 0.4) is 0 Å². The minimum Gasteiger partial charge on any atom is -0.462 e. The molecule has 0 spiro atoms. The lowest BCUT2D eigenvalue weighted by molar-refractivity contribution is -0.305. The Balaban J connectivity index is 2.38. The van der Waals surface area contributed by atoms with E-state index in [2.05, 4.69) is 56.4 Å². The molecular weight excluding hydrogens is 712 g/mol. The van der Waals surface area contributed by atoms with Gasteiger partial charge in [0.1, 0.15) is 31.0 Å². The Morgan fingerprint density at radius 3 is 1.55 bits per heavy atom. The molecule has 0 radical (unpaired) electrons. The maximum Gasteiger partial charge on any atom is 0.306 e. The Morgan fingerprint density at radius 1 is 0.554 bits per heavy atom. The van der Waals surface area contributed by atoms with E-state index in [-0.39, 0.29) is 26.1 Å². The van der Waals surface area contributed by atoms with Crippen LogP contribution in [0.15, 0.2) is 48.6 Å². The molecule has 0 aromatic rings. The van der Waals surface area contributed by atoms with E-state index >= 15 is 0 Å². The van der Waals surface area contributed by atoms with Crippen molar-refractivity contribution in [1.29, 1.82) is 0 Å². The van der Waals surface area contributed by atoms with Gasteiger partial charge in [-0.1, -0.05) is 159 Å². The van der Waals surface area contributed by atoms with E-state index in [9.17, 15) is 30.0 Å². The van der Waals surface area contributed by atoms with Crippen molar-refractivity contribution >= 4 is 11.9 Å². The summed E-state index contributed by atoms with van der Waals surface area (Å²) in [6, 6.07) is 0. The van der Waals surface area contributed by atoms with E-state index in [1.807, 2.05) is 6.08 Å². The van der Waals surface area contributed by atoms with E-state index in [1.165, 1.54) is 89.9 Å². The zero-order chi connectivity index (χ0) is 40.9. The number of hydrogen-bond donors (Lipinski definition) is 4. The van der Waals surface area contributed by atoms with E-state index < -0.39 is 55.4 Å². The van der Waals surface area contributed by atoms with Gasteiger partial charge in [-0.05, 0) is 51.4 Å². The first-order valence-electron chi connectivity index (χ1n) is 22.2. The van der Waals surface area contributed by atoms with Crippen molar-refractivity contribution in [2.45, 2.75) is 211 Å². The molecule has 1 rings (SSSR count). The second-order valence-electron chi connectivity index (χ2n) is 15.2. The highest BCUT2D eigenvalue weighted by Gasteiger charge is 2.44. The molecule has 56 heavy (non-hydrogen) atoms. The first-order valence-corrected chi connectivity index (χ1v) is 22.2. The fourth-order valence-electron chi connectivity index (χ4n) is 6.42. The Labute approximate surface area is 339 Å². The van der Waals surface area contributed by atoms with Crippen molar-refractivity contribution in [3.63, 3.8) is 0 Å². The Hall–Kier alpha value is -2.34. The number of aliphatic hydroxyl groups excluding tert-OH is 4. The van der Waals surface area contributed by atoms with Crippen molar-refractivity contribution in [3.05, 3.63) is 48.6 Å². The second kappa shape index (κ2) is 37.0. The van der Waals surface area contributed by atoms with Gasteiger partial charge in [-0.15, -0.1) is 0 Å². The third kappa shape index (κ3) is 28.1. The number of aliphatic hydroxyl groups is 4. The van der Waals surface area contributed by atoms with Gasteiger partial charge in [0, 0.05) is 12.8 Å². The predicted molar refractivity (Wildman–Crippen MR) is 224 cm³/mol. The molecule has 0 aliphatic carbocycles. The number of ether oxygens (including phenoxy) is 4. The summed E-state index contributed by atoms with van der Waals surface area (Å²) in [4.78, 5) is 25.3. The monoisotopic (exact) mass is 793 g/mol. The van der Waals surface area contributed by atoms with E-state index in [0.717, 1.165) is 44.9 Å². The molecule has 6 atom stereocenters. The third-order valence-corrected chi connectivity index (χ3v) is 9.97. The average Bonchev–Trinajstić information content (AvgIpc) is 3.19. The number of hydrogen-bond acceptors (Lipinski definition) is 10. The van der Waals surface area contributed by atoms with E-state index in [0.29, 0.717) is 12.8 Å². The van der Waals surface area contributed by atoms with Gasteiger partial charge in [0.25, 0.3) is 0 Å². The molecule has 1 saturated heterocycles. The van der Waals surface area contributed by atoms with E-state index in [4.69, 9.17) is 18.9 Å². The van der Waals surface area contributed by atoms with Crippen molar-refractivity contribution in [1.82, 2.24) is 0 Å². The maximum atomic E-state index is 12.7. The Morgan fingerprint density at radius 2 is 1.02 bits per heavy atom. The summed E-state index contributed by atoms with van der Waals surface area (Å²) in [7, 11) is 0. The molecule has 0 aromatic heterocycles. The lowest BCUT2D eigenvalue weighted by Crippen LogP contribution is -2.59. The third-order valence-electron chi connectivity index (χ3n) is 9.97. The number of carbonyl (C=O) groups excluding carboxylic acids is 2. The standard InChI is InChI=1S/C46H80O10/c1-3-5-7-9-11-13-15-17-19-20-21-23-24-26-28-30-32-34-41(48)53-37-39(38-54-46-45(52)44(51)43(50)40(36-47)56-46)55-42(49)35-33-31-29-27-25-22-18-16-14-12-10-8-6-4-2/h11,13,17,19,21,23,26,28,39-40,43-47,50-52H,3-10,12,14-16,18,20,22,24-25,27,29-38H2,1-2H3/b13-11+,19-17+,23-21+,28-26+/t39-,40-,43+,44?,45?,46-/m0/s1. The highest BCUT2D eigenvalue weighted by Crippen LogP contribution is 2.22. The molecule has 0 amide bonds. The van der Waals surface area contributed by atoms with Gasteiger partial charge < -0.3 is 39.4 Å². The molecule has 1 heterocycles. The largest absolute Gasteiger partial charge is 0.462 e. The van der Waals surface area contributed by atoms with Crippen LogP contribution in [-0.2, 0) is 28.5 Å². The quantitative estimate of drug-likeness (QED) is 0.0275. The highest BCUT2D eigenvalue weighted by molar-refractivity contribution is 5.70. The minimum absolute atomic E-state index is 0.200. The van der Waals surface area contributed by atoms with Gasteiger partial charge >= 0.3 is 11.9 Å². The van der Waals surface area contributed by atoms with Crippen LogP contribution in [0.4, 0.5) is 0 Å². The summed E-state index contributed by atoms with van der Waals surface area (Å²) in [5.74, 6) is -0.871. The molecule has 2 unspecified atom stereocenters. The molecule has 0 saturated carbocycles. The summed E-state index contributed by atoms with van der Waals surface area (Å²) in [5, 5.41) is 40.0. The van der Waals surface area contributed by atoms with Crippen LogP contribution in [0.1, 0.15) is 174 Å². The number of rotatable bonds is 36. The van der Waals surface area contributed by atoms with Gasteiger partial charge in [-0.3, -0.25) is 9.59 Å². The fraction of sp³-hybridized carbons (Fsp3) is 0.783. The van der Waals surface area contributed by atoms with Crippen LogP contribution in [-0.4, -0.2) is 89.0 Å². The molecule has 1 fully saturated rings. The van der Waals surface area contributed by atoms with Crippen LogP contribution in [0.5, 0.6) is 0 Å². The lowest BCUT2D eigenvalue weighted by Gasteiger charge is -2.39. The van der Waals surface area contributed by atoms with Crippen LogP contribution in [0, 0.1) is 0 Å². The summed E-state index contributed by atoms with van der Waals surface area (Å²) < 4.78 is 22.1. The zero-order valence-electron chi connectivity index (χ0n) is 35.1. The maximum absolute atomic E-state index is 12.7. The minimum atomic E-state index is -1.60. The van der Waals surface area contributed by atoms with Gasteiger partial charge in [-0.25, -0.2) is 0 Å². The van der Waals surface area contributed by atoms with Crippen molar-refractivity contribution in [2.75, 3.05) is 19.8 Å². The van der Waals surface area contributed by atoms with E-state index in [1.54, 1.807) is 0 Å². The van der Waals surface area contributed by atoms with Gasteiger partial charge in [-0.2, -0.15) is 0 Å². The van der Waals surface area contributed by atoms with Crippen LogP contribution in [0.25, 0.3) is 0 Å². The lowest BCUT2D eigenvalue weighted by atomic mass is 9.99. The molecule has 0 bridgehead atoms. The average molecular weight is 793 g/mol. The molecule has 324 valence electrons. The van der Waals surface area contributed by atoms with Crippen molar-refractivity contribution in [2.24, 2.45) is 0 Å². The zero-order valence-corrected chi connectivity index (χ0v) is 35.1. The number of unbranched alkanes of at least 4 members (excludes halogenated alkanes) is 17. The van der Waals surface area contributed by atoms with Crippen LogP contribution < -0.4 is 0 Å². The summed E-state index contributed by atoms with van der Waals surface area (Å²) >= 11 is 0. The molecule has 4 N–H and O–H groups in total. The van der Waals surface area contributed by atoms with Gasteiger partial charge in [0.15, 0.2) is 12.4 Å². The molecule has 1 aliphatic heterocycles. The predicted octanol–water partition coefficient (Wildman–Crippen LogP) is 9.28. The molecule has 10 heteroatoms. The highest BCUT2D eigenvalue weighted by atomic mass is 16.7. The topological polar surface area (TPSA) is 152 Å². The number of esters is 2. The first kappa shape index (κ1) is 51.7. The normalized spacial score (nSPS) is 20.9. The second-order valence-corrected chi connectivity index (χ2v) is 15.2. The first-order chi connectivity index (χ1) is 27.3. The molecule has 1 aliphatic rings. The fourth-order valence-corrected chi connectivity index (χ4v) is 6.42. The van der Waals surface area contributed by atoms with Gasteiger partial charge in [0.2, 0.25) is 0 Å². The molecular formula is C46H80O10. The molecule has 10 nitrogen and oxygen atoms in total. The Kier molecular flexibility index (Phi) is 34.1. The van der Waals surface area contributed by atoms with Crippen molar-refractivity contribution < 1.29 is 49.0 Å². The Bertz CT molecular complexity index is 1050. The number of allylic oxidation sites excluding steroid dienone is 8. The van der Waals surface area contributed by atoms with Crippen LogP contribution >= 0.6 is 0 Å². The summed E-state index contributed by atoms with van der Waals surface area (Å²) in [5.41, 5.74) is 0. The summed E-state index contributed by atoms with van der Waals surface area (Å²) in [6.45, 7) is 3.34. The summed E-state index contributed by atoms with van der Waals surface area (Å²) in [6.07, 6.45) is 35.5. The number of carbonyl (C=O) groups is 2. The van der Waals surface area contributed by atoms with Gasteiger partial charge in [0.05, 0.1) is 13.2 Å². The smallest absolute Gasteiger partial charge is 0.306 e. The van der Waals surface area contributed by atoms with Crippen LogP contribution in [0.2, 0.25) is 0 Å². The molecule has 0 aromatic carbocycles. The van der Waals surface area contributed by atoms with Crippen molar-refractivity contribution in [3.8, 4) is 0 Å². The SMILES string of the molecule is CCCCC/C=C/C/C=C/C/C=C/C/C=C/CCCC(=O)OC[C@@H](CO[C@H]1O[C@@H](CO)[C@@H](O)C(O)C1O)OC(=O)CCCCCCCCCCCCCCCC.